The van der Waals surface area contributed by atoms with Crippen molar-refractivity contribution in [1.29, 1.82) is 0 Å². The molecule has 27 heavy (non-hydrogen) atoms. The second-order valence-corrected chi connectivity index (χ2v) is 6.73. The van der Waals surface area contributed by atoms with Crippen molar-refractivity contribution in [2.75, 3.05) is 18.9 Å². The van der Waals surface area contributed by atoms with Crippen LogP contribution in [0.25, 0.3) is 10.8 Å². The normalized spacial score (nSPS) is 12.4. The lowest BCUT2D eigenvalue weighted by atomic mass is 10.2. The third-order valence-electron chi connectivity index (χ3n) is 3.89. The first kappa shape index (κ1) is 19.1. The Balaban J connectivity index is 1.63. The number of anilines is 1. The molecule has 0 spiro atoms. The van der Waals surface area contributed by atoms with Crippen molar-refractivity contribution in [3.63, 3.8) is 0 Å². The Morgan fingerprint density at radius 3 is 2.74 bits per heavy atom. The molecule has 2 aromatic heterocycles. The Hall–Kier alpha value is -2.72. The fourth-order valence-corrected chi connectivity index (χ4v) is 2.91. The quantitative estimate of drug-likeness (QED) is 0.641. The van der Waals surface area contributed by atoms with Gasteiger partial charge in [-0.2, -0.15) is 0 Å². The van der Waals surface area contributed by atoms with E-state index in [1.807, 2.05) is 17.5 Å². The van der Waals surface area contributed by atoms with Crippen molar-refractivity contribution in [1.82, 2.24) is 15.1 Å². The van der Waals surface area contributed by atoms with Crippen LogP contribution in [0.5, 0.6) is 0 Å². The molecule has 10 heteroatoms. The van der Waals surface area contributed by atoms with Gasteiger partial charge in [0.25, 0.3) is 5.89 Å². The van der Waals surface area contributed by atoms with E-state index < -0.39 is 35.1 Å². The fraction of sp³-hybridized carbons (Fsp3) is 0.235. The van der Waals surface area contributed by atoms with Crippen molar-refractivity contribution in [2.45, 2.75) is 13.0 Å². The first-order chi connectivity index (χ1) is 12.9. The number of hydrogen-bond acceptors (Lipinski definition) is 6. The molecule has 0 fully saturated rings. The van der Waals surface area contributed by atoms with Crippen LogP contribution in [0.1, 0.15) is 18.9 Å². The summed E-state index contributed by atoms with van der Waals surface area (Å²) in [5, 5.41) is 12.1. The van der Waals surface area contributed by atoms with E-state index in [0.717, 1.165) is 17.0 Å². The maximum atomic E-state index is 13.6. The first-order valence-electron chi connectivity index (χ1n) is 7.87. The van der Waals surface area contributed by atoms with Crippen molar-refractivity contribution < 1.29 is 22.4 Å². The number of nitrogens with zero attached hydrogens (tertiary/aromatic N) is 3. The van der Waals surface area contributed by atoms with Crippen molar-refractivity contribution in [3.05, 3.63) is 53.0 Å². The van der Waals surface area contributed by atoms with Crippen molar-refractivity contribution in [3.8, 4) is 10.8 Å². The number of hydrogen-bond donors (Lipinski definition) is 1. The van der Waals surface area contributed by atoms with Crippen LogP contribution in [0.4, 0.5) is 18.9 Å². The van der Waals surface area contributed by atoms with Crippen LogP contribution in [0.3, 0.4) is 0 Å². The summed E-state index contributed by atoms with van der Waals surface area (Å²) < 4.78 is 45.4. The third-order valence-corrected chi connectivity index (χ3v) is 4.75. The van der Waals surface area contributed by atoms with E-state index in [0.29, 0.717) is 11.8 Å². The molecule has 1 N–H and O–H groups in total. The van der Waals surface area contributed by atoms with Gasteiger partial charge in [-0.15, -0.1) is 21.5 Å². The van der Waals surface area contributed by atoms with Gasteiger partial charge < -0.3 is 9.73 Å². The van der Waals surface area contributed by atoms with Crippen LogP contribution in [0.2, 0.25) is 0 Å². The van der Waals surface area contributed by atoms with Crippen LogP contribution in [-0.2, 0) is 4.79 Å². The third kappa shape index (κ3) is 4.17. The summed E-state index contributed by atoms with van der Waals surface area (Å²) in [4.78, 5) is 14.5. The summed E-state index contributed by atoms with van der Waals surface area (Å²) in [5.41, 5.74) is -0.433. The van der Waals surface area contributed by atoms with Crippen molar-refractivity contribution in [2.24, 2.45) is 0 Å². The van der Waals surface area contributed by atoms with E-state index in [1.54, 1.807) is 18.9 Å². The maximum Gasteiger partial charge on any atom is 0.257 e. The van der Waals surface area contributed by atoms with Gasteiger partial charge in [0, 0.05) is 0 Å². The predicted octanol–water partition coefficient (Wildman–Crippen LogP) is 3.85. The lowest BCUT2D eigenvalue weighted by molar-refractivity contribution is -0.117. The Kier molecular flexibility index (Phi) is 5.57. The van der Waals surface area contributed by atoms with Crippen LogP contribution in [0, 0.1) is 17.5 Å². The Morgan fingerprint density at radius 2 is 2.04 bits per heavy atom. The van der Waals surface area contributed by atoms with Gasteiger partial charge in [-0.05, 0) is 37.6 Å². The molecule has 0 radical (unpaired) electrons. The standard InChI is InChI=1S/C17H15F3N4O2S/c1-9(16-22-23-17(26-16)12-4-3-7-27-12)24(2)8-13(25)21-11-6-5-10(18)14(19)15(11)20/h3-7,9H,8H2,1-2H3,(H,21,25)/t9-/m1/s1. The molecule has 2 heterocycles. The fourth-order valence-electron chi connectivity index (χ4n) is 2.27. The highest BCUT2D eigenvalue weighted by molar-refractivity contribution is 7.13. The summed E-state index contributed by atoms with van der Waals surface area (Å²) in [6.07, 6.45) is 0. The number of likely N-dealkylation sites (N-methyl/N-ethyl adjacent to an activating group) is 1. The zero-order valence-corrected chi connectivity index (χ0v) is 15.2. The minimum absolute atomic E-state index is 0.156. The number of halogens is 3. The van der Waals surface area contributed by atoms with Gasteiger partial charge in [-0.3, -0.25) is 9.69 Å². The molecule has 0 saturated heterocycles. The highest BCUT2D eigenvalue weighted by Gasteiger charge is 2.22. The van der Waals surface area contributed by atoms with E-state index >= 15 is 0 Å². The predicted molar refractivity (Wildman–Crippen MR) is 93.6 cm³/mol. The molecule has 3 aromatic rings. The average molecular weight is 396 g/mol. The molecule has 0 aliphatic rings. The Morgan fingerprint density at radius 1 is 1.26 bits per heavy atom. The molecular formula is C17H15F3N4O2S. The minimum atomic E-state index is -1.64. The highest BCUT2D eigenvalue weighted by atomic mass is 32.1. The average Bonchev–Trinajstić information content (AvgIpc) is 3.32. The number of nitrogens with one attached hydrogen (secondary N) is 1. The molecule has 3 rings (SSSR count). The molecule has 1 amide bonds. The van der Waals surface area contributed by atoms with Gasteiger partial charge in [0.2, 0.25) is 11.8 Å². The molecule has 1 atom stereocenters. The number of amides is 1. The van der Waals surface area contributed by atoms with E-state index in [-0.39, 0.29) is 6.54 Å². The molecule has 0 aliphatic carbocycles. The number of rotatable bonds is 6. The summed E-state index contributed by atoms with van der Waals surface area (Å²) in [7, 11) is 1.64. The Bertz CT molecular complexity index is 946. The monoisotopic (exact) mass is 396 g/mol. The number of carbonyl (C=O) groups is 1. The molecule has 0 aliphatic heterocycles. The van der Waals surface area contributed by atoms with Crippen LogP contribution < -0.4 is 5.32 Å². The number of carbonyl (C=O) groups excluding carboxylic acids is 1. The molecule has 0 unspecified atom stereocenters. The molecule has 6 nitrogen and oxygen atoms in total. The zero-order chi connectivity index (χ0) is 19.6. The first-order valence-corrected chi connectivity index (χ1v) is 8.75. The summed E-state index contributed by atoms with van der Waals surface area (Å²) >= 11 is 1.46. The van der Waals surface area contributed by atoms with Gasteiger partial charge in [-0.1, -0.05) is 6.07 Å². The smallest absolute Gasteiger partial charge is 0.257 e. The number of thiophene rings is 1. The van der Waals surface area contributed by atoms with E-state index in [4.69, 9.17) is 4.42 Å². The van der Waals surface area contributed by atoms with Gasteiger partial charge in [0.1, 0.15) is 0 Å². The van der Waals surface area contributed by atoms with Crippen LogP contribution in [0.15, 0.2) is 34.1 Å². The second-order valence-electron chi connectivity index (χ2n) is 5.78. The highest BCUT2D eigenvalue weighted by Crippen LogP contribution is 2.26. The zero-order valence-electron chi connectivity index (χ0n) is 14.4. The summed E-state index contributed by atoms with van der Waals surface area (Å²) in [5.74, 6) is -4.32. The minimum Gasteiger partial charge on any atom is -0.418 e. The SMILES string of the molecule is C[C@H](c1nnc(-c2cccs2)o1)N(C)CC(=O)Nc1ccc(F)c(F)c1F. The lowest BCUT2D eigenvalue weighted by Gasteiger charge is -2.21. The van der Waals surface area contributed by atoms with Gasteiger partial charge in [-0.25, -0.2) is 13.2 Å². The Labute approximate surface area is 156 Å². The van der Waals surface area contributed by atoms with Crippen LogP contribution >= 0.6 is 11.3 Å². The van der Waals surface area contributed by atoms with Gasteiger partial charge in [0.15, 0.2) is 17.5 Å². The van der Waals surface area contributed by atoms with E-state index in [9.17, 15) is 18.0 Å². The maximum absolute atomic E-state index is 13.6. The molecule has 0 bridgehead atoms. The lowest BCUT2D eigenvalue weighted by Crippen LogP contribution is -2.32. The number of aromatic nitrogens is 2. The topological polar surface area (TPSA) is 71.3 Å². The molecular weight excluding hydrogens is 381 g/mol. The van der Waals surface area contributed by atoms with Gasteiger partial charge in [0.05, 0.1) is 23.2 Å². The molecule has 142 valence electrons. The number of benzene rings is 1. The van der Waals surface area contributed by atoms with E-state index in [2.05, 4.69) is 15.5 Å². The van der Waals surface area contributed by atoms with Crippen molar-refractivity contribution >= 4 is 22.9 Å². The van der Waals surface area contributed by atoms with E-state index in [1.165, 1.54) is 11.3 Å². The van der Waals surface area contributed by atoms with Crippen LogP contribution in [-0.4, -0.2) is 34.6 Å². The largest absolute Gasteiger partial charge is 0.418 e. The molecule has 1 aromatic carbocycles. The summed E-state index contributed by atoms with van der Waals surface area (Å²) in [6.45, 7) is 1.60. The summed E-state index contributed by atoms with van der Waals surface area (Å²) in [6, 6.07) is 5.01. The molecule has 0 saturated carbocycles. The second kappa shape index (κ2) is 7.89. The van der Waals surface area contributed by atoms with Gasteiger partial charge >= 0.3 is 0 Å².